The smallest absolute Gasteiger partial charge is 0.0558 e. The number of aliphatic hydroxyl groups is 1. The molecule has 98 valence electrons. The van der Waals surface area contributed by atoms with Crippen molar-refractivity contribution in [3.05, 3.63) is 0 Å². The van der Waals surface area contributed by atoms with Gasteiger partial charge in [-0.1, -0.05) is 32.6 Å². The monoisotopic (exact) mass is 230 g/mol. The Morgan fingerprint density at radius 1 is 0.812 bits per heavy atom. The minimum Gasteiger partial charge on any atom is -0.395 e. The van der Waals surface area contributed by atoms with E-state index in [1.54, 1.807) is 0 Å². The molecule has 0 amide bonds. The zero-order valence-corrected chi connectivity index (χ0v) is 11.4. The Morgan fingerprint density at radius 3 is 2.06 bits per heavy atom. The highest BCUT2D eigenvalue weighted by molar-refractivity contribution is 4.59. The fourth-order valence-electron chi connectivity index (χ4n) is 1.76. The molecule has 0 spiro atoms. The maximum Gasteiger partial charge on any atom is 0.0558 e. The molecular weight excluding hydrogens is 200 g/mol. The first-order valence-corrected chi connectivity index (χ1v) is 6.68. The van der Waals surface area contributed by atoms with Crippen LogP contribution in [0.15, 0.2) is 0 Å². The fraction of sp³-hybridized carbons (Fsp3) is 1.00. The highest BCUT2D eigenvalue weighted by Gasteiger charge is 2.04. The molecule has 3 heteroatoms. The van der Waals surface area contributed by atoms with Gasteiger partial charge in [0.2, 0.25) is 0 Å². The summed E-state index contributed by atoms with van der Waals surface area (Å²) >= 11 is 0. The van der Waals surface area contributed by atoms with Crippen molar-refractivity contribution in [3.8, 4) is 0 Å². The van der Waals surface area contributed by atoms with Crippen molar-refractivity contribution in [2.75, 3.05) is 46.9 Å². The maximum absolute atomic E-state index is 8.99. The normalized spacial score (nSPS) is 11.6. The SMILES string of the molecule is CCCCCCCN(CCO)CCN(C)C. The quantitative estimate of drug-likeness (QED) is 0.548. The third kappa shape index (κ3) is 10.4. The minimum absolute atomic E-state index is 0.280. The first-order valence-electron chi connectivity index (χ1n) is 6.68. The molecule has 0 aromatic carbocycles. The van der Waals surface area contributed by atoms with Gasteiger partial charge < -0.3 is 10.0 Å². The summed E-state index contributed by atoms with van der Waals surface area (Å²) < 4.78 is 0. The van der Waals surface area contributed by atoms with Crippen molar-refractivity contribution in [2.24, 2.45) is 0 Å². The van der Waals surface area contributed by atoms with Gasteiger partial charge in [0.05, 0.1) is 6.61 Å². The van der Waals surface area contributed by atoms with Crippen LogP contribution in [0.1, 0.15) is 39.0 Å². The van der Waals surface area contributed by atoms with E-state index in [4.69, 9.17) is 5.11 Å². The van der Waals surface area contributed by atoms with Crippen LogP contribution >= 0.6 is 0 Å². The van der Waals surface area contributed by atoms with Gasteiger partial charge in [0, 0.05) is 19.6 Å². The van der Waals surface area contributed by atoms with Gasteiger partial charge in [-0.15, -0.1) is 0 Å². The van der Waals surface area contributed by atoms with Crippen molar-refractivity contribution in [1.29, 1.82) is 0 Å². The van der Waals surface area contributed by atoms with Crippen molar-refractivity contribution in [1.82, 2.24) is 9.80 Å². The number of unbranched alkanes of at least 4 members (excludes halogenated alkanes) is 4. The van der Waals surface area contributed by atoms with Crippen molar-refractivity contribution in [2.45, 2.75) is 39.0 Å². The summed E-state index contributed by atoms with van der Waals surface area (Å²) in [4.78, 5) is 4.56. The highest BCUT2D eigenvalue weighted by Crippen LogP contribution is 2.03. The summed E-state index contributed by atoms with van der Waals surface area (Å²) in [6.07, 6.45) is 6.63. The van der Waals surface area contributed by atoms with Gasteiger partial charge in [-0.25, -0.2) is 0 Å². The Balaban J connectivity index is 3.51. The molecule has 0 saturated carbocycles. The Morgan fingerprint density at radius 2 is 1.50 bits per heavy atom. The molecule has 0 aromatic heterocycles. The first-order chi connectivity index (χ1) is 7.70. The molecule has 0 aliphatic rings. The topological polar surface area (TPSA) is 26.7 Å². The molecule has 0 unspecified atom stereocenters. The highest BCUT2D eigenvalue weighted by atomic mass is 16.3. The van der Waals surface area contributed by atoms with Crippen molar-refractivity contribution >= 4 is 0 Å². The average molecular weight is 230 g/mol. The van der Waals surface area contributed by atoms with Crippen LogP contribution in [0.5, 0.6) is 0 Å². The van der Waals surface area contributed by atoms with Gasteiger partial charge in [-0.05, 0) is 27.1 Å². The Bertz CT molecular complexity index is 140. The van der Waals surface area contributed by atoms with Crippen LogP contribution < -0.4 is 0 Å². The molecule has 0 bridgehead atoms. The van der Waals surface area contributed by atoms with Gasteiger partial charge in [0.15, 0.2) is 0 Å². The van der Waals surface area contributed by atoms with E-state index in [-0.39, 0.29) is 6.61 Å². The van der Waals surface area contributed by atoms with Crippen LogP contribution in [0.4, 0.5) is 0 Å². The van der Waals surface area contributed by atoms with E-state index in [1.165, 1.54) is 32.1 Å². The third-order valence-corrected chi connectivity index (χ3v) is 2.86. The first kappa shape index (κ1) is 15.9. The lowest BCUT2D eigenvalue weighted by atomic mass is 10.1. The van der Waals surface area contributed by atoms with E-state index in [9.17, 15) is 0 Å². The summed E-state index contributed by atoms with van der Waals surface area (Å²) in [6, 6.07) is 0. The molecular formula is C13H30N2O. The van der Waals surface area contributed by atoms with E-state index >= 15 is 0 Å². The zero-order valence-electron chi connectivity index (χ0n) is 11.4. The van der Waals surface area contributed by atoms with E-state index in [2.05, 4.69) is 30.8 Å². The number of rotatable bonds is 11. The standard InChI is InChI=1S/C13H30N2O/c1-4-5-6-7-8-9-15(12-13-16)11-10-14(2)3/h16H,4-13H2,1-3H3. The lowest BCUT2D eigenvalue weighted by Gasteiger charge is -2.23. The van der Waals surface area contributed by atoms with Crippen LogP contribution in [0.2, 0.25) is 0 Å². The molecule has 0 aliphatic carbocycles. The molecule has 3 nitrogen and oxygen atoms in total. The van der Waals surface area contributed by atoms with Crippen LogP contribution in [0.3, 0.4) is 0 Å². The molecule has 0 rings (SSSR count). The number of hydrogen-bond donors (Lipinski definition) is 1. The van der Waals surface area contributed by atoms with Gasteiger partial charge in [-0.3, -0.25) is 4.90 Å². The van der Waals surface area contributed by atoms with Crippen molar-refractivity contribution < 1.29 is 5.11 Å². The average Bonchev–Trinajstić information content (AvgIpc) is 2.25. The molecule has 0 saturated heterocycles. The van der Waals surface area contributed by atoms with Gasteiger partial charge in [0.25, 0.3) is 0 Å². The molecule has 0 heterocycles. The molecule has 1 N–H and O–H groups in total. The second-order valence-corrected chi connectivity index (χ2v) is 4.78. The molecule has 0 fully saturated rings. The zero-order chi connectivity index (χ0) is 12.2. The van der Waals surface area contributed by atoms with Crippen LogP contribution in [0, 0.1) is 0 Å². The van der Waals surface area contributed by atoms with Crippen LogP contribution in [0.25, 0.3) is 0 Å². The molecule has 0 aromatic rings. The second-order valence-electron chi connectivity index (χ2n) is 4.78. The number of aliphatic hydroxyl groups excluding tert-OH is 1. The van der Waals surface area contributed by atoms with Crippen LogP contribution in [-0.4, -0.2) is 61.8 Å². The summed E-state index contributed by atoms with van der Waals surface area (Å²) in [6.45, 7) is 6.63. The second kappa shape index (κ2) is 11.4. The van der Waals surface area contributed by atoms with Gasteiger partial charge in [0.1, 0.15) is 0 Å². The Hall–Kier alpha value is -0.120. The van der Waals surface area contributed by atoms with Gasteiger partial charge in [-0.2, -0.15) is 0 Å². The summed E-state index contributed by atoms with van der Waals surface area (Å²) in [5.74, 6) is 0. The lowest BCUT2D eigenvalue weighted by molar-refractivity contribution is 0.181. The number of nitrogens with zero attached hydrogens (tertiary/aromatic N) is 2. The molecule has 0 atom stereocenters. The predicted molar refractivity (Wildman–Crippen MR) is 70.8 cm³/mol. The minimum atomic E-state index is 0.280. The fourth-order valence-corrected chi connectivity index (χ4v) is 1.76. The molecule has 16 heavy (non-hydrogen) atoms. The third-order valence-electron chi connectivity index (χ3n) is 2.86. The van der Waals surface area contributed by atoms with Gasteiger partial charge >= 0.3 is 0 Å². The number of likely N-dealkylation sites (N-methyl/N-ethyl adjacent to an activating group) is 1. The van der Waals surface area contributed by atoms with Crippen LogP contribution in [-0.2, 0) is 0 Å². The van der Waals surface area contributed by atoms with E-state index in [0.29, 0.717) is 0 Å². The summed E-state index contributed by atoms with van der Waals surface area (Å²) in [5, 5.41) is 8.99. The van der Waals surface area contributed by atoms with E-state index < -0.39 is 0 Å². The largest absolute Gasteiger partial charge is 0.395 e. The summed E-state index contributed by atoms with van der Waals surface area (Å²) in [7, 11) is 4.19. The van der Waals surface area contributed by atoms with Crippen molar-refractivity contribution in [3.63, 3.8) is 0 Å². The Kier molecular flexibility index (Phi) is 11.3. The maximum atomic E-state index is 8.99. The predicted octanol–water partition coefficient (Wildman–Crippen LogP) is 1.81. The van der Waals surface area contributed by atoms with E-state index in [1.807, 2.05) is 0 Å². The summed E-state index contributed by atoms with van der Waals surface area (Å²) in [5.41, 5.74) is 0. The molecule has 0 aliphatic heterocycles. The number of hydrogen-bond acceptors (Lipinski definition) is 3. The Labute approximate surface area is 101 Å². The van der Waals surface area contributed by atoms with E-state index in [0.717, 1.165) is 26.2 Å². The lowest BCUT2D eigenvalue weighted by Crippen LogP contribution is -2.34. The molecule has 0 radical (unpaired) electrons.